The first kappa shape index (κ1) is 22.9. The number of aliphatic hydroxyl groups is 1. The van der Waals surface area contributed by atoms with Crippen LogP contribution in [-0.4, -0.2) is 35.4 Å². The van der Waals surface area contributed by atoms with E-state index in [1.807, 2.05) is 6.92 Å². The fourth-order valence-corrected chi connectivity index (χ4v) is 2.10. The molecule has 0 unspecified atom stereocenters. The Kier molecular flexibility index (Phi) is 8.36. The maximum atomic E-state index is 14.5. The summed E-state index contributed by atoms with van der Waals surface area (Å²) < 4.78 is 47.2. The van der Waals surface area contributed by atoms with Crippen molar-refractivity contribution in [3.63, 3.8) is 0 Å². The number of aliphatic hydroxyl groups excluding tert-OH is 1. The molecule has 0 aliphatic heterocycles. The number of hydrogen-bond donors (Lipinski definition) is 1. The van der Waals surface area contributed by atoms with Gasteiger partial charge < -0.3 is 9.84 Å². The van der Waals surface area contributed by atoms with Crippen molar-refractivity contribution < 1.29 is 32.7 Å². The van der Waals surface area contributed by atoms with Crippen LogP contribution in [0.4, 0.5) is 18.9 Å². The first-order valence-corrected chi connectivity index (χ1v) is 8.21. The van der Waals surface area contributed by atoms with Crippen LogP contribution < -0.4 is 0 Å². The van der Waals surface area contributed by atoms with Crippen molar-refractivity contribution in [1.82, 2.24) is 0 Å². The highest BCUT2D eigenvalue weighted by Crippen LogP contribution is 2.35. The van der Waals surface area contributed by atoms with Crippen LogP contribution in [0.15, 0.2) is 23.2 Å². The van der Waals surface area contributed by atoms with E-state index in [1.165, 1.54) is 6.08 Å². The molecular weight excluding hydrogens is 381 g/mol. The Balaban J connectivity index is 3.73. The van der Waals surface area contributed by atoms with Crippen LogP contribution in [0.5, 0.6) is 0 Å². The van der Waals surface area contributed by atoms with Crippen LogP contribution >= 0.6 is 0 Å². The number of benzene rings is 1. The lowest BCUT2D eigenvalue weighted by molar-refractivity contribution is -0.388. The van der Waals surface area contributed by atoms with Crippen molar-refractivity contribution in [2.45, 2.75) is 26.7 Å². The van der Waals surface area contributed by atoms with Gasteiger partial charge in [0.2, 0.25) is 5.82 Å². The Morgan fingerprint density at radius 1 is 1.32 bits per heavy atom. The number of carbonyl (C=O) groups excluding carboxylic acids is 1. The molecule has 0 heterocycles. The Hall–Kier alpha value is -3.17. The van der Waals surface area contributed by atoms with Crippen LogP contribution in [0.3, 0.4) is 0 Å². The second-order valence-corrected chi connectivity index (χ2v) is 5.58. The van der Waals surface area contributed by atoms with Crippen LogP contribution in [-0.2, 0) is 9.53 Å². The normalized spacial score (nSPS) is 12.0. The summed E-state index contributed by atoms with van der Waals surface area (Å²) in [5.41, 5.74) is -4.56. The Morgan fingerprint density at radius 3 is 2.50 bits per heavy atom. The fraction of sp³-hybridized carbons (Fsp3) is 0.333. The molecule has 1 rings (SSSR count). The van der Waals surface area contributed by atoms with Crippen LogP contribution in [0.25, 0.3) is 5.76 Å². The number of ether oxygens (including phenoxy) is 1. The van der Waals surface area contributed by atoms with Gasteiger partial charge in [-0.25, -0.2) is 13.6 Å². The second kappa shape index (κ2) is 10.2. The number of nitrogens with zero attached hydrogens (tertiary/aromatic N) is 2. The standard InChI is InChI=1S/C18H19F3N2O5/c1-4-6-8-28-18(25)11(9-22-7-5-2)17(24)12-13(19)10(3)14(20)15(21)16(12)23(26)27/h5,9,24H,2,4,6-8H2,1,3H3. The molecule has 0 aliphatic rings. The molecule has 0 radical (unpaired) electrons. The summed E-state index contributed by atoms with van der Waals surface area (Å²) in [5, 5.41) is 21.5. The number of nitro groups is 1. The first-order valence-electron chi connectivity index (χ1n) is 8.21. The number of aliphatic imine (C=N–C) groups is 1. The lowest BCUT2D eigenvalue weighted by Crippen LogP contribution is -2.15. The third kappa shape index (κ3) is 4.96. The van der Waals surface area contributed by atoms with Gasteiger partial charge in [0.05, 0.1) is 18.1 Å². The summed E-state index contributed by atoms with van der Waals surface area (Å²) in [6.45, 7) is 6.03. The first-order chi connectivity index (χ1) is 13.2. The zero-order chi connectivity index (χ0) is 21.4. The minimum Gasteiger partial charge on any atom is -0.506 e. The molecule has 7 nitrogen and oxygen atoms in total. The number of nitro benzene ring substituents is 1. The van der Waals surface area contributed by atoms with Gasteiger partial charge in [-0.3, -0.25) is 15.1 Å². The number of carbonyl (C=O) groups is 1. The van der Waals surface area contributed by atoms with Gasteiger partial charge in [0.1, 0.15) is 22.7 Å². The molecule has 152 valence electrons. The third-order valence-corrected chi connectivity index (χ3v) is 3.60. The van der Waals surface area contributed by atoms with E-state index in [4.69, 9.17) is 4.74 Å². The van der Waals surface area contributed by atoms with Crippen LogP contribution in [0.1, 0.15) is 30.9 Å². The van der Waals surface area contributed by atoms with Gasteiger partial charge >= 0.3 is 11.7 Å². The van der Waals surface area contributed by atoms with E-state index >= 15 is 0 Å². The van der Waals surface area contributed by atoms with E-state index in [2.05, 4.69) is 11.6 Å². The van der Waals surface area contributed by atoms with Crippen molar-refractivity contribution >= 4 is 23.6 Å². The predicted molar refractivity (Wildman–Crippen MR) is 96.7 cm³/mol. The van der Waals surface area contributed by atoms with Gasteiger partial charge in [0, 0.05) is 11.8 Å². The average molecular weight is 400 g/mol. The largest absolute Gasteiger partial charge is 0.506 e. The van der Waals surface area contributed by atoms with Gasteiger partial charge in [-0.15, -0.1) is 6.58 Å². The molecule has 0 spiro atoms. The second-order valence-electron chi connectivity index (χ2n) is 5.58. The molecule has 1 aromatic carbocycles. The highest BCUT2D eigenvalue weighted by Gasteiger charge is 2.35. The molecule has 0 atom stereocenters. The van der Waals surface area contributed by atoms with E-state index < -0.39 is 56.5 Å². The highest BCUT2D eigenvalue weighted by molar-refractivity contribution is 6.15. The van der Waals surface area contributed by atoms with Gasteiger partial charge in [-0.1, -0.05) is 19.4 Å². The molecular formula is C18H19F3N2O5. The van der Waals surface area contributed by atoms with Crippen molar-refractivity contribution in [1.29, 1.82) is 0 Å². The van der Waals surface area contributed by atoms with E-state index in [-0.39, 0.29) is 13.2 Å². The Morgan fingerprint density at radius 2 is 1.96 bits per heavy atom. The molecule has 0 aromatic heterocycles. The summed E-state index contributed by atoms with van der Waals surface area (Å²) in [4.78, 5) is 25.7. The monoisotopic (exact) mass is 400 g/mol. The Labute approximate surface area is 159 Å². The van der Waals surface area contributed by atoms with Gasteiger partial charge in [-0.05, 0) is 13.3 Å². The molecule has 0 saturated heterocycles. The smallest absolute Gasteiger partial charge is 0.343 e. The SMILES string of the molecule is C=CCN=CC(C(=O)OCCCC)=C(O)c1c(F)c(C)c(F)c(F)c1[N+](=O)[O-]. The topological polar surface area (TPSA) is 102 Å². The zero-order valence-electron chi connectivity index (χ0n) is 15.3. The minimum atomic E-state index is -1.97. The number of hydrogen-bond acceptors (Lipinski definition) is 6. The molecule has 0 saturated carbocycles. The minimum absolute atomic E-state index is 0.000399. The number of unbranched alkanes of at least 4 members (excludes halogenated alkanes) is 1. The maximum absolute atomic E-state index is 14.5. The fourth-order valence-electron chi connectivity index (χ4n) is 2.10. The summed E-state index contributed by atoms with van der Waals surface area (Å²) in [6.07, 6.45) is 3.32. The van der Waals surface area contributed by atoms with Gasteiger partial charge in [0.25, 0.3) is 0 Å². The molecule has 0 fully saturated rings. The van der Waals surface area contributed by atoms with Crippen molar-refractivity contribution in [2.75, 3.05) is 13.2 Å². The Bertz CT molecular complexity index is 850. The van der Waals surface area contributed by atoms with Crippen LogP contribution in [0.2, 0.25) is 0 Å². The summed E-state index contributed by atoms with van der Waals surface area (Å²) in [6, 6.07) is 0. The van der Waals surface area contributed by atoms with Crippen molar-refractivity contribution in [2.24, 2.45) is 4.99 Å². The summed E-state index contributed by atoms with van der Waals surface area (Å²) in [7, 11) is 0. The molecule has 28 heavy (non-hydrogen) atoms. The molecule has 10 heteroatoms. The van der Waals surface area contributed by atoms with E-state index in [0.717, 1.165) is 13.1 Å². The quantitative estimate of drug-likeness (QED) is 0.0771. The lowest BCUT2D eigenvalue weighted by atomic mass is 10.0. The molecule has 1 N–H and O–H groups in total. The lowest BCUT2D eigenvalue weighted by Gasteiger charge is -2.11. The van der Waals surface area contributed by atoms with Gasteiger partial charge in [-0.2, -0.15) is 4.39 Å². The molecule has 0 bridgehead atoms. The zero-order valence-corrected chi connectivity index (χ0v) is 15.3. The van der Waals surface area contributed by atoms with E-state index in [0.29, 0.717) is 12.8 Å². The molecule has 0 aliphatic carbocycles. The van der Waals surface area contributed by atoms with Crippen molar-refractivity contribution in [3.05, 3.63) is 56.9 Å². The highest BCUT2D eigenvalue weighted by atomic mass is 19.2. The number of halogens is 3. The molecule has 0 amide bonds. The van der Waals surface area contributed by atoms with Gasteiger partial charge in [0.15, 0.2) is 5.82 Å². The van der Waals surface area contributed by atoms with Crippen LogP contribution in [0, 0.1) is 34.5 Å². The maximum Gasteiger partial charge on any atom is 0.343 e. The molecule has 1 aromatic rings. The van der Waals surface area contributed by atoms with E-state index in [1.54, 1.807) is 0 Å². The van der Waals surface area contributed by atoms with Crippen molar-refractivity contribution in [3.8, 4) is 0 Å². The predicted octanol–water partition coefficient (Wildman–Crippen LogP) is 4.19. The average Bonchev–Trinajstić information content (AvgIpc) is 2.65. The van der Waals surface area contributed by atoms with E-state index in [9.17, 15) is 33.2 Å². The summed E-state index contributed by atoms with van der Waals surface area (Å²) in [5.74, 6) is -7.77. The number of rotatable bonds is 9. The number of esters is 1. The third-order valence-electron chi connectivity index (χ3n) is 3.60. The summed E-state index contributed by atoms with van der Waals surface area (Å²) >= 11 is 0.